The zero-order valence-electron chi connectivity index (χ0n) is 7.20. The zero-order chi connectivity index (χ0) is 10.3. The second-order valence-corrected chi connectivity index (χ2v) is 3.26. The van der Waals surface area contributed by atoms with Gasteiger partial charge in [-0.15, -0.1) is 0 Å². The average Bonchev–Trinajstić information content (AvgIpc) is 1.98. The van der Waals surface area contributed by atoms with Gasteiger partial charge in [-0.3, -0.25) is 4.79 Å². The summed E-state index contributed by atoms with van der Waals surface area (Å²) in [5.41, 5.74) is 0. The van der Waals surface area contributed by atoms with Crippen LogP contribution in [-0.4, -0.2) is 35.8 Å². The van der Waals surface area contributed by atoms with Gasteiger partial charge in [-0.2, -0.15) is 0 Å². The Morgan fingerprint density at radius 1 is 1.69 bits per heavy atom. The summed E-state index contributed by atoms with van der Waals surface area (Å²) in [6.07, 6.45) is 5.97. The molecule has 13 heavy (non-hydrogen) atoms. The summed E-state index contributed by atoms with van der Waals surface area (Å²) >= 11 is 3.21. The summed E-state index contributed by atoms with van der Waals surface area (Å²) in [6, 6.07) is 0. The van der Waals surface area contributed by atoms with Crippen LogP contribution in [0.4, 0.5) is 0 Å². The molecule has 0 rings (SSSR count). The molecular formula is C8H11BrN2O2. The highest BCUT2D eigenvalue weighted by Crippen LogP contribution is 2.06. The van der Waals surface area contributed by atoms with Crippen molar-refractivity contribution in [2.24, 2.45) is 0 Å². The van der Waals surface area contributed by atoms with Gasteiger partial charge in [-0.05, 0) is 28.1 Å². The average molecular weight is 247 g/mol. The Morgan fingerprint density at radius 2 is 2.31 bits per heavy atom. The number of hydrogen-bond donors (Lipinski definition) is 2. The van der Waals surface area contributed by atoms with E-state index in [4.69, 9.17) is 10.5 Å². The number of nitrogens with zero attached hydrogens (tertiary/aromatic N) is 1. The maximum Gasteiger partial charge on any atom is 0.323 e. The topological polar surface area (TPSA) is 64.4 Å². The van der Waals surface area contributed by atoms with Crippen molar-refractivity contribution in [3.8, 4) is 0 Å². The van der Waals surface area contributed by atoms with Crippen LogP contribution in [0.1, 0.15) is 0 Å². The molecule has 0 aliphatic carbocycles. The van der Waals surface area contributed by atoms with E-state index in [9.17, 15) is 4.79 Å². The quantitative estimate of drug-likeness (QED) is 0.570. The number of aliphatic carboxylic acids is 1. The van der Waals surface area contributed by atoms with Crippen LogP contribution in [-0.2, 0) is 4.79 Å². The Labute approximate surface area is 85.2 Å². The first-order chi connectivity index (χ1) is 6.06. The lowest BCUT2D eigenvalue weighted by Crippen LogP contribution is -2.20. The van der Waals surface area contributed by atoms with Crippen molar-refractivity contribution in [3.63, 3.8) is 0 Å². The molecule has 0 aromatic heterocycles. The van der Waals surface area contributed by atoms with Gasteiger partial charge >= 0.3 is 5.97 Å². The van der Waals surface area contributed by atoms with E-state index in [1.54, 1.807) is 19.3 Å². The molecule has 4 nitrogen and oxygen atoms in total. The van der Waals surface area contributed by atoms with Crippen molar-refractivity contribution >= 4 is 28.1 Å². The normalized spacial score (nSPS) is 11.7. The Kier molecular flexibility index (Phi) is 5.88. The van der Waals surface area contributed by atoms with E-state index in [1.807, 2.05) is 0 Å². The lowest BCUT2D eigenvalue weighted by Gasteiger charge is -2.10. The van der Waals surface area contributed by atoms with Gasteiger partial charge in [-0.25, -0.2) is 0 Å². The lowest BCUT2D eigenvalue weighted by molar-refractivity contribution is -0.137. The van der Waals surface area contributed by atoms with E-state index >= 15 is 0 Å². The highest BCUT2D eigenvalue weighted by atomic mass is 79.9. The van der Waals surface area contributed by atoms with Crippen LogP contribution >= 0.6 is 15.9 Å². The fraction of sp³-hybridized carbons (Fsp3) is 0.250. The van der Waals surface area contributed by atoms with E-state index in [0.717, 1.165) is 10.7 Å². The van der Waals surface area contributed by atoms with Crippen molar-refractivity contribution in [1.29, 1.82) is 5.41 Å². The first-order valence-corrected chi connectivity index (χ1v) is 4.32. The fourth-order valence-corrected chi connectivity index (χ4v) is 1.15. The molecule has 0 aliphatic heterocycles. The number of carboxylic acids is 1. The molecule has 0 unspecified atom stereocenters. The molecule has 0 spiro atoms. The molecule has 0 aromatic carbocycles. The second kappa shape index (κ2) is 6.42. The van der Waals surface area contributed by atoms with Gasteiger partial charge in [0.15, 0.2) is 0 Å². The third-order valence-electron chi connectivity index (χ3n) is 1.08. The van der Waals surface area contributed by atoms with Crippen LogP contribution < -0.4 is 0 Å². The molecule has 0 heterocycles. The van der Waals surface area contributed by atoms with Gasteiger partial charge in [0.25, 0.3) is 0 Å². The highest BCUT2D eigenvalue weighted by Gasteiger charge is 1.99. The second-order valence-electron chi connectivity index (χ2n) is 2.35. The molecule has 0 aromatic rings. The van der Waals surface area contributed by atoms with Crippen LogP contribution in [0, 0.1) is 5.41 Å². The van der Waals surface area contributed by atoms with Crippen molar-refractivity contribution in [3.05, 3.63) is 22.8 Å². The van der Waals surface area contributed by atoms with Crippen molar-refractivity contribution in [2.45, 2.75) is 0 Å². The Hall–Kier alpha value is -1.10. The smallest absolute Gasteiger partial charge is 0.323 e. The molecule has 0 saturated heterocycles. The number of halogens is 1. The van der Waals surface area contributed by atoms with Crippen LogP contribution in [0.5, 0.6) is 0 Å². The molecular weight excluding hydrogens is 236 g/mol. The van der Waals surface area contributed by atoms with Crippen LogP contribution in [0.25, 0.3) is 0 Å². The number of carboxylic acid groups (broad SMARTS) is 1. The van der Waals surface area contributed by atoms with Gasteiger partial charge < -0.3 is 15.4 Å². The molecule has 2 N–H and O–H groups in total. The molecule has 0 aliphatic rings. The SMILES string of the molecule is CN(/C=C(Br)\C=C/C=N)CC(=O)O. The van der Waals surface area contributed by atoms with Crippen LogP contribution in [0.3, 0.4) is 0 Å². The minimum absolute atomic E-state index is 0.0481. The van der Waals surface area contributed by atoms with Gasteiger partial charge in [0, 0.05) is 23.9 Å². The number of nitrogens with one attached hydrogen (secondary N) is 1. The van der Waals surface area contributed by atoms with E-state index < -0.39 is 5.97 Å². The molecule has 0 saturated carbocycles. The highest BCUT2D eigenvalue weighted by molar-refractivity contribution is 9.11. The van der Waals surface area contributed by atoms with Crippen molar-refractivity contribution in [2.75, 3.05) is 13.6 Å². The number of rotatable bonds is 5. The predicted octanol–water partition coefficient (Wildman–Crippen LogP) is 1.44. The summed E-state index contributed by atoms with van der Waals surface area (Å²) in [6.45, 7) is -0.0481. The molecule has 0 atom stereocenters. The standard InChI is InChI=1S/C8H11BrN2O2/c1-11(6-8(12)13)5-7(9)3-2-4-10/h2-5,10H,6H2,1H3,(H,12,13)/b3-2-,7-5+,10-4?. The van der Waals surface area contributed by atoms with Crippen LogP contribution in [0.15, 0.2) is 22.8 Å². The fourth-order valence-electron chi connectivity index (χ4n) is 0.653. The summed E-state index contributed by atoms with van der Waals surface area (Å²) in [4.78, 5) is 11.8. The maximum atomic E-state index is 10.3. The van der Waals surface area contributed by atoms with Gasteiger partial charge in [0.05, 0.1) is 0 Å². The minimum atomic E-state index is -0.880. The molecule has 5 heteroatoms. The first-order valence-electron chi connectivity index (χ1n) is 3.52. The van der Waals surface area contributed by atoms with Gasteiger partial charge in [-0.1, -0.05) is 0 Å². The Morgan fingerprint density at radius 3 is 2.77 bits per heavy atom. The molecule has 0 radical (unpaired) electrons. The van der Waals surface area contributed by atoms with Gasteiger partial charge in [0.2, 0.25) is 0 Å². The zero-order valence-corrected chi connectivity index (χ0v) is 8.78. The number of carbonyl (C=O) groups is 1. The number of likely N-dealkylation sites (N-methyl/N-ethyl adjacent to an activating group) is 1. The Balaban J connectivity index is 4.12. The van der Waals surface area contributed by atoms with Gasteiger partial charge in [0.1, 0.15) is 6.54 Å². The summed E-state index contributed by atoms with van der Waals surface area (Å²) in [5, 5.41) is 15.2. The molecule has 72 valence electrons. The van der Waals surface area contributed by atoms with Crippen molar-refractivity contribution in [1.82, 2.24) is 4.90 Å². The monoisotopic (exact) mass is 246 g/mol. The van der Waals surface area contributed by atoms with Crippen LogP contribution in [0.2, 0.25) is 0 Å². The van der Waals surface area contributed by atoms with E-state index in [1.165, 1.54) is 11.0 Å². The van der Waals surface area contributed by atoms with E-state index in [2.05, 4.69) is 15.9 Å². The summed E-state index contributed by atoms with van der Waals surface area (Å²) in [5.74, 6) is -0.880. The lowest BCUT2D eigenvalue weighted by atomic mass is 10.5. The van der Waals surface area contributed by atoms with E-state index in [-0.39, 0.29) is 6.54 Å². The third-order valence-corrected chi connectivity index (χ3v) is 1.55. The predicted molar refractivity (Wildman–Crippen MR) is 55.2 cm³/mol. The van der Waals surface area contributed by atoms with Crippen molar-refractivity contribution < 1.29 is 9.90 Å². The third kappa shape index (κ3) is 7.27. The summed E-state index contributed by atoms with van der Waals surface area (Å²) in [7, 11) is 1.66. The number of allylic oxidation sites excluding steroid dienone is 3. The first kappa shape index (κ1) is 11.9. The maximum absolute atomic E-state index is 10.3. The molecule has 0 bridgehead atoms. The largest absolute Gasteiger partial charge is 0.480 e. The molecule has 0 amide bonds. The van der Waals surface area contributed by atoms with E-state index in [0.29, 0.717) is 0 Å². The summed E-state index contributed by atoms with van der Waals surface area (Å²) < 4.78 is 0.722. The molecule has 0 fully saturated rings. The Bertz CT molecular complexity index is 249. The number of hydrogen-bond acceptors (Lipinski definition) is 3. The minimum Gasteiger partial charge on any atom is -0.480 e.